The summed E-state index contributed by atoms with van der Waals surface area (Å²) in [6, 6.07) is 17.8. The first-order chi connectivity index (χ1) is 12.4. The Hall–Kier alpha value is -2.93. The van der Waals surface area contributed by atoms with Crippen LogP contribution >= 0.6 is 0 Å². The van der Waals surface area contributed by atoms with Gasteiger partial charge in [0, 0.05) is 11.8 Å². The van der Waals surface area contributed by atoms with E-state index in [1.807, 2.05) is 36.4 Å². The summed E-state index contributed by atoms with van der Waals surface area (Å²) >= 11 is 0. The second kappa shape index (κ2) is 7.13. The zero-order valence-electron chi connectivity index (χ0n) is 14.4. The molecule has 7 heteroatoms. The standard InChI is InChI=1S/C19H18N2O4S/c1-25-19(22)13-16-12-18(14-6-4-3-5-7-14)20-21(16)15-8-10-17(11-9-15)26(2,23)24/h3-12H,13H2,1-2H3. The molecule has 0 saturated carbocycles. The highest BCUT2D eigenvalue weighted by Gasteiger charge is 2.15. The number of carbonyl (C=O) groups excluding carboxylic acids is 1. The molecule has 0 unspecified atom stereocenters. The second-order valence-electron chi connectivity index (χ2n) is 5.82. The van der Waals surface area contributed by atoms with Gasteiger partial charge in [-0.1, -0.05) is 30.3 Å². The Kier molecular flexibility index (Phi) is 4.90. The number of benzene rings is 2. The minimum absolute atomic E-state index is 0.0597. The topological polar surface area (TPSA) is 78.3 Å². The average Bonchev–Trinajstić information content (AvgIpc) is 3.05. The number of nitrogens with zero attached hydrogens (tertiary/aromatic N) is 2. The van der Waals surface area contributed by atoms with E-state index in [-0.39, 0.29) is 17.3 Å². The summed E-state index contributed by atoms with van der Waals surface area (Å²) in [5.74, 6) is -0.376. The highest BCUT2D eigenvalue weighted by Crippen LogP contribution is 2.23. The molecule has 0 atom stereocenters. The van der Waals surface area contributed by atoms with Crippen LogP contribution in [0.2, 0.25) is 0 Å². The predicted octanol–water partition coefficient (Wildman–Crippen LogP) is 2.66. The molecule has 0 aliphatic heterocycles. The van der Waals surface area contributed by atoms with Gasteiger partial charge in [0.05, 0.1) is 35.5 Å². The summed E-state index contributed by atoms with van der Waals surface area (Å²) in [5.41, 5.74) is 2.96. The summed E-state index contributed by atoms with van der Waals surface area (Å²) in [6.07, 6.45) is 1.22. The van der Waals surface area contributed by atoms with Gasteiger partial charge >= 0.3 is 5.97 Å². The van der Waals surface area contributed by atoms with Crippen molar-refractivity contribution in [2.45, 2.75) is 11.3 Å². The van der Waals surface area contributed by atoms with Crippen LogP contribution in [0.5, 0.6) is 0 Å². The van der Waals surface area contributed by atoms with Gasteiger partial charge < -0.3 is 4.74 Å². The van der Waals surface area contributed by atoms with Gasteiger partial charge in [-0.2, -0.15) is 5.10 Å². The summed E-state index contributed by atoms with van der Waals surface area (Å²) in [4.78, 5) is 12.0. The highest BCUT2D eigenvalue weighted by molar-refractivity contribution is 7.90. The zero-order chi connectivity index (χ0) is 18.7. The Labute approximate surface area is 152 Å². The van der Waals surface area contributed by atoms with Crippen molar-refractivity contribution < 1.29 is 17.9 Å². The highest BCUT2D eigenvalue weighted by atomic mass is 32.2. The van der Waals surface area contributed by atoms with Crippen LogP contribution in [0.25, 0.3) is 16.9 Å². The third kappa shape index (κ3) is 3.83. The van der Waals surface area contributed by atoms with Crippen LogP contribution in [-0.2, 0) is 25.8 Å². The number of esters is 1. The van der Waals surface area contributed by atoms with E-state index in [0.29, 0.717) is 11.4 Å². The van der Waals surface area contributed by atoms with Crippen LogP contribution in [0.3, 0.4) is 0 Å². The van der Waals surface area contributed by atoms with Crippen molar-refractivity contribution >= 4 is 15.8 Å². The maximum absolute atomic E-state index is 11.8. The lowest BCUT2D eigenvalue weighted by Gasteiger charge is -2.07. The van der Waals surface area contributed by atoms with Crippen molar-refractivity contribution in [3.05, 3.63) is 66.4 Å². The Bertz CT molecular complexity index is 1020. The normalized spacial score (nSPS) is 11.3. The summed E-state index contributed by atoms with van der Waals surface area (Å²) < 4.78 is 29.7. The number of sulfone groups is 1. The van der Waals surface area contributed by atoms with Crippen LogP contribution in [-0.4, -0.2) is 37.5 Å². The van der Waals surface area contributed by atoms with Crippen molar-refractivity contribution in [1.29, 1.82) is 0 Å². The smallest absolute Gasteiger partial charge is 0.311 e. The molecule has 0 saturated heterocycles. The summed E-state index contributed by atoms with van der Waals surface area (Å²) in [7, 11) is -1.94. The van der Waals surface area contributed by atoms with E-state index >= 15 is 0 Å². The average molecular weight is 370 g/mol. The number of hydrogen-bond donors (Lipinski definition) is 0. The Balaban J connectivity index is 2.06. The van der Waals surface area contributed by atoms with E-state index in [9.17, 15) is 13.2 Å². The third-order valence-corrected chi connectivity index (χ3v) is 5.04. The third-order valence-electron chi connectivity index (χ3n) is 3.92. The molecule has 2 aromatic carbocycles. The van der Waals surface area contributed by atoms with E-state index in [2.05, 4.69) is 5.10 Å². The van der Waals surface area contributed by atoms with Crippen molar-refractivity contribution in [2.75, 3.05) is 13.4 Å². The summed E-state index contributed by atoms with van der Waals surface area (Å²) in [5, 5.41) is 4.59. The van der Waals surface area contributed by atoms with Crippen molar-refractivity contribution in [3.63, 3.8) is 0 Å². The molecule has 0 radical (unpaired) electrons. The van der Waals surface area contributed by atoms with Crippen LogP contribution in [0, 0.1) is 0 Å². The first-order valence-corrected chi connectivity index (χ1v) is 9.79. The van der Waals surface area contributed by atoms with Gasteiger partial charge in [-0.25, -0.2) is 13.1 Å². The van der Waals surface area contributed by atoms with Gasteiger partial charge in [-0.05, 0) is 30.3 Å². The number of methoxy groups -OCH3 is 1. The lowest BCUT2D eigenvalue weighted by molar-refractivity contribution is -0.139. The van der Waals surface area contributed by atoms with E-state index in [1.165, 1.54) is 19.2 Å². The maximum atomic E-state index is 11.8. The van der Waals surface area contributed by atoms with Crippen LogP contribution in [0.15, 0.2) is 65.6 Å². The van der Waals surface area contributed by atoms with Gasteiger partial charge in [-0.3, -0.25) is 4.79 Å². The quantitative estimate of drug-likeness (QED) is 0.645. The van der Waals surface area contributed by atoms with E-state index in [0.717, 1.165) is 17.5 Å². The molecule has 0 aliphatic carbocycles. The SMILES string of the molecule is COC(=O)Cc1cc(-c2ccccc2)nn1-c1ccc(S(C)(=O)=O)cc1. The lowest BCUT2D eigenvalue weighted by atomic mass is 10.1. The number of rotatable bonds is 5. The molecule has 134 valence electrons. The Morgan fingerprint density at radius 1 is 1.08 bits per heavy atom. The van der Waals surface area contributed by atoms with E-state index in [1.54, 1.807) is 16.8 Å². The van der Waals surface area contributed by atoms with Gasteiger partial charge in [0.25, 0.3) is 0 Å². The first-order valence-electron chi connectivity index (χ1n) is 7.90. The molecular formula is C19H18N2O4S. The molecule has 3 aromatic rings. The largest absolute Gasteiger partial charge is 0.469 e. The fourth-order valence-electron chi connectivity index (χ4n) is 2.57. The van der Waals surface area contributed by atoms with Crippen LogP contribution in [0.1, 0.15) is 5.69 Å². The molecule has 26 heavy (non-hydrogen) atoms. The minimum atomic E-state index is -3.28. The molecular weight excluding hydrogens is 352 g/mol. The molecule has 3 rings (SSSR count). The van der Waals surface area contributed by atoms with Crippen molar-refractivity contribution in [2.24, 2.45) is 0 Å². The molecule has 0 fully saturated rings. The van der Waals surface area contributed by atoms with Crippen molar-refractivity contribution in [3.8, 4) is 16.9 Å². The molecule has 0 spiro atoms. The van der Waals surface area contributed by atoms with Gasteiger partial charge in [0.2, 0.25) is 0 Å². The number of hydrogen-bond acceptors (Lipinski definition) is 5. The second-order valence-corrected chi connectivity index (χ2v) is 7.83. The number of ether oxygens (including phenoxy) is 1. The fraction of sp³-hybridized carbons (Fsp3) is 0.158. The van der Waals surface area contributed by atoms with Crippen LogP contribution in [0.4, 0.5) is 0 Å². The monoisotopic (exact) mass is 370 g/mol. The van der Waals surface area contributed by atoms with E-state index < -0.39 is 9.84 Å². The molecule has 0 N–H and O–H groups in total. The van der Waals surface area contributed by atoms with Crippen molar-refractivity contribution in [1.82, 2.24) is 9.78 Å². The summed E-state index contributed by atoms with van der Waals surface area (Å²) in [6.45, 7) is 0. The molecule has 1 aromatic heterocycles. The zero-order valence-corrected chi connectivity index (χ0v) is 15.2. The molecule has 0 bridgehead atoms. The molecule has 6 nitrogen and oxygen atoms in total. The van der Waals surface area contributed by atoms with Gasteiger partial charge in [0.15, 0.2) is 9.84 Å². The Morgan fingerprint density at radius 2 is 1.73 bits per heavy atom. The molecule has 0 aliphatic rings. The molecule has 0 amide bonds. The fourth-order valence-corrected chi connectivity index (χ4v) is 3.20. The molecule has 1 heterocycles. The van der Waals surface area contributed by atoms with Crippen LogP contribution < -0.4 is 0 Å². The van der Waals surface area contributed by atoms with Gasteiger partial charge in [0.1, 0.15) is 0 Å². The first kappa shape index (κ1) is 17.9. The maximum Gasteiger partial charge on any atom is 0.311 e. The predicted molar refractivity (Wildman–Crippen MR) is 97.8 cm³/mol. The number of aromatic nitrogens is 2. The minimum Gasteiger partial charge on any atom is -0.469 e. The van der Waals surface area contributed by atoms with Gasteiger partial charge in [-0.15, -0.1) is 0 Å². The lowest BCUT2D eigenvalue weighted by Crippen LogP contribution is -2.10. The number of carbonyl (C=O) groups is 1. The Morgan fingerprint density at radius 3 is 2.31 bits per heavy atom. The van der Waals surface area contributed by atoms with E-state index in [4.69, 9.17) is 4.74 Å².